The van der Waals surface area contributed by atoms with Crippen molar-refractivity contribution in [1.29, 1.82) is 0 Å². The molecule has 2 N–H and O–H groups in total. The summed E-state index contributed by atoms with van der Waals surface area (Å²) in [6, 6.07) is 10.8. The van der Waals surface area contributed by atoms with Crippen molar-refractivity contribution in [2.75, 3.05) is 18.6 Å². The minimum atomic E-state index is -0.402. The van der Waals surface area contributed by atoms with Crippen molar-refractivity contribution in [3.05, 3.63) is 59.7 Å². The van der Waals surface area contributed by atoms with Crippen molar-refractivity contribution in [2.24, 2.45) is 0 Å². The molecule has 1 aliphatic heterocycles. The molecule has 4 rings (SSSR count). The first-order valence-corrected chi connectivity index (χ1v) is 11.5. The molecule has 2 aromatic heterocycles. The number of carbonyl (C=O) groups is 3. The molecule has 1 aromatic carbocycles. The molecule has 0 spiro atoms. The quantitative estimate of drug-likeness (QED) is 0.498. The Labute approximate surface area is 183 Å². The summed E-state index contributed by atoms with van der Waals surface area (Å²) in [4.78, 5) is 50.5. The molecule has 3 amide bonds. The maximum Gasteiger partial charge on any atom is 0.280 e. The minimum Gasteiger partial charge on any atom is -0.346 e. The van der Waals surface area contributed by atoms with Crippen molar-refractivity contribution in [3.8, 4) is 0 Å². The van der Waals surface area contributed by atoms with Crippen LogP contribution in [0.3, 0.4) is 0 Å². The van der Waals surface area contributed by atoms with Gasteiger partial charge in [0.25, 0.3) is 11.8 Å². The van der Waals surface area contributed by atoms with Gasteiger partial charge in [-0.05, 0) is 49.1 Å². The number of thioether (sulfide) groups is 1. The standard InChI is InChI=1S/C22H23N5O3S/c1-31-13-10-17(20-25-15-7-2-3-8-16(15)26-20)24-18(28)9-5-12-27-21(29)14-6-4-11-23-19(14)22(27)30/h2-4,6-8,11,17H,5,9-10,12-13H2,1H3,(H,24,28)(H,25,26)/t17-/m0/s1. The van der Waals surface area contributed by atoms with Gasteiger partial charge in [-0.1, -0.05) is 12.1 Å². The summed E-state index contributed by atoms with van der Waals surface area (Å²) in [5.41, 5.74) is 2.29. The third kappa shape index (κ3) is 4.46. The van der Waals surface area contributed by atoms with Crippen LogP contribution in [0.5, 0.6) is 0 Å². The van der Waals surface area contributed by atoms with Crippen LogP contribution in [0.15, 0.2) is 42.6 Å². The van der Waals surface area contributed by atoms with Crippen LogP contribution in [0.1, 0.15) is 52.0 Å². The maximum atomic E-state index is 12.6. The Morgan fingerprint density at radius 2 is 2.03 bits per heavy atom. The van der Waals surface area contributed by atoms with Crippen LogP contribution >= 0.6 is 11.8 Å². The molecule has 31 heavy (non-hydrogen) atoms. The third-order valence-electron chi connectivity index (χ3n) is 5.20. The lowest BCUT2D eigenvalue weighted by molar-refractivity contribution is -0.122. The predicted octanol–water partition coefficient (Wildman–Crippen LogP) is 2.94. The molecule has 0 unspecified atom stereocenters. The Bertz CT molecular complexity index is 1060. The number of hydrogen-bond donors (Lipinski definition) is 2. The average Bonchev–Trinajstić information content (AvgIpc) is 3.32. The molecular formula is C22H23N5O3S. The molecule has 0 saturated carbocycles. The number of aromatic amines is 1. The van der Waals surface area contributed by atoms with Crippen molar-refractivity contribution < 1.29 is 14.4 Å². The number of imide groups is 1. The van der Waals surface area contributed by atoms with Crippen LogP contribution in [0.25, 0.3) is 11.0 Å². The summed E-state index contributed by atoms with van der Waals surface area (Å²) >= 11 is 1.71. The van der Waals surface area contributed by atoms with Gasteiger partial charge in [0.2, 0.25) is 5.91 Å². The van der Waals surface area contributed by atoms with E-state index in [1.54, 1.807) is 23.9 Å². The lowest BCUT2D eigenvalue weighted by atomic mass is 10.2. The van der Waals surface area contributed by atoms with Gasteiger partial charge in [0.1, 0.15) is 11.5 Å². The minimum absolute atomic E-state index is 0.138. The van der Waals surface area contributed by atoms with Crippen LogP contribution in [0, 0.1) is 0 Å². The highest BCUT2D eigenvalue weighted by molar-refractivity contribution is 7.98. The zero-order valence-electron chi connectivity index (χ0n) is 17.1. The molecular weight excluding hydrogens is 414 g/mol. The summed E-state index contributed by atoms with van der Waals surface area (Å²) < 4.78 is 0. The maximum absolute atomic E-state index is 12.6. The molecule has 160 valence electrons. The Hall–Kier alpha value is -3.20. The van der Waals surface area contributed by atoms with Gasteiger partial charge in [-0.3, -0.25) is 24.3 Å². The number of nitrogens with one attached hydrogen (secondary N) is 2. The zero-order chi connectivity index (χ0) is 21.8. The van der Waals surface area contributed by atoms with Crippen LogP contribution in [-0.2, 0) is 4.79 Å². The van der Waals surface area contributed by atoms with E-state index in [1.807, 2.05) is 30.5 Å². The second-order valence-corrected chi connectivity index (χ2v) is 8.29. The normalized spacial score (nSPS) is 14.2. The number of aromatic nitrogens is 3. The average molecular weight is 438 g/mol. The van der Waals surface area contributed by atoms with Crippen molar-refractivity contribution in [2.45, 2.75) is 25.3 Å². The van der Waals surface area contributed by atoms with Crippen molar-refractivity contribution in [3.63, 3.8) is 0 Å². The fourth-order valence-corrected chi connectivity index (χ4v) is 4.10. The summed E-state index contributed by atoms with van der Waals surface area (Å²) in [6.07, 6.45) is 4.85. The summed E-state index contributed by atoms with van der Waals surface area (Å²) in [5.74, 6) is 0.718. The summed E-state index contributed by atoms with van der Waals surface area (Å²) in [5, 5.41) is 3.05. The van der Waals surface area contributed by atoms with E-state index in [9.17, 15) is 14.4 Å². The van der Waals surface area contributed by atoms with E-state index in [2.05, 4.69) is 20.3 Å². The van der Waals surface area contributed by atoms with Gasteiger partial charge in [0.15, 0.2) is 0 Å². The van der Waals surface area contributed by atoms with Crippen molar-refractivity contribution >= 4 is 40.5 Å². The number of fused-ring (bicyclic) bond motifs is 2. The lowest BCUT2D eigenvalue weighted by Crippen LogP contribution is -2.33. The van der Waals surface area contributed by atoms with Crippen molar-refractivity contribution in [1.82, 2.24) is 25.2 Å². The molecule has 0 bridgehead atoms. The fourth-order valence-electron chi connectivity index (χ4n) is 3.63. The molecule has 9 heteroatoms. The Kier molecular flexibility index (Phi) is 6.31. The monoisotopic (exact) mass is 437 g/mol. The second-order valence-electron chi connectivity index (χ2n) is 7.31. The van der Waals surface area contributed by atoms with E-state index in [1.165, 1.54) is 6.20 Å². The van der Waals surface area contributed by atoms with Gasteiger partial charge in [0, 0.05) is 19.2 Å². The van der Waals surface area contributed by atoms with E-state index in [-0.39, 0.29) is 36.5 Å². The number of benzene rings is 1. The van der Waals surface area contributed by atoms with Crippen LogP contribution in [-0.4, -0.2) is 56.1 Å². The SMILES string of the molecule is CSCC[C@H](NC(=O)CCCN1C(=O)c2cccnc2C1=O)c1nc2ccccc2[nH]1. The lowest BCUT2D eigenvalue weighted by Gasteiger charge is -2.17. The first kappa shape index (κ1) is 21.0. The molecule has 8 nitrogen and oxygen atoms in total. The van der Waals surface area contributed by atoms with Gasteiger partial charge in [0.05, 0.1) is 22.6 Å². The summed E-state index contributed by atoms with van der Waals surface area (Å²) in [7, 11) is 0. The van der Waals surface area contributed by atoms with E-state index in [4.69, 9.17) is 0 Å². The number of rotatable bonds is 9. The number of carbonyl (C=O) groups excluding carboxylic acids is 3. The number of hydrogen-bond acceptors (Lipinski definition) is 6. The van der Waals surface area contributed by atoms with Gasteiger partial charge in [-0.2, -0.15) is 11.8 Å². The molecule has 0 aliphatic carbocycles. The third-order valence-corrected chi connectivity index (χ3v) is 5.84. The molecule has 3 aromatic rings. The smallest absolute Gasteiger partial charge is 0.280 e. The Balaban J connectivity index is 1.35. The topological polar surface area (TPSA) is 108 Å². The second kappa shape index (κ2) is 9.30. The number of H-pyrrole nitrogens is 1. The number of amides is 3. The van der Waals surface area contributed by atoms with Gasteiger partial charge in [-0.25, -0.2) is 4.98 Å². The van der Waals surface area contributed by atoms with E-state index < -0.39 is 5.91 Å². The van der Waals surface area contributed by atoms with Crippen LogP contribution in [0.4, 0.5) is 0 Å². The zero-order valence-corrected chi connectivity index (χ0v) is 17.9. The van der Waals surface area contributed by atoms with Gasteiger partial charge in [-0.15, -0.1) is 0 Å². The molecule has 0 fully saturated rings. The Morgan fingerprint density at radius 1 is 1.19 bits per heavy atom. The largest absolute Gasteiger partial charge is 0.346 e. The van der Waals surface area contributed by atoms with E-state index in [0.29, 0.717) is 12.0 Å². The number of para-hydroxylation sites is 2. The number of pyridine rings is 1. The fraction of sp³-hybridized carbons (Fsp3) is 0.318. The molecule has 0 radical (unpaired) electrons. The van der Waals surface area contributed by atoms with Gasteiger partial charge < -0.3 is 10.3 Å². The first-order valence-electron chi connectivity index (χ1n) is 10.1. The number of imidazole rings is 1. The first-order chi connectivity index (χ1) is 15.1. The number of nitrogens with zero attached hydrogens (tertiary/aromatic N) is 3. The van der Waals surface area contributed by atoms with Crippen LogP contribution < -0.4 is 5.32 Å². The molecule has 3 heterocycles. The highest BCUT2D eigenvalue weighted by Crippen LogP contribution is 2.22. The van der Waals surface area contributed by atoms with Crippen LogP contribution in [0.2, 0.25) is 0 Å². The van der Waals surface area contributed by atoms with Gasteiger partial charge >= 0.3 is 0 Å². The predicted molar refractivity (Wildman–Crippen MR) is 119 cm³/mol. The van der Waals surface area contributed by atoms with E-state index in [0.717, 1.165) is 33.9 Å². The molecule has 1 aliphatic rings. The summed E-state index contributed by atoms with van der Waals surface area (Å²) in [6.45, 7) is 0.182. The highest BCUT2D eigenvalue weighted by Gasteiger charge is 2.36. The van der Waals surface area contributed by atoms with E-state index >= 15 is 0 Å². The molecule has 1 atom stereocenters. The molecule has 0 saturated heterocycles. The highest BCUT2D eigenvalue weighted by atomic mass is 32.2. The Morgan fingerprint density at radius 3 is 2.81 bits per heavy atom.